The van der Waals surface area contributed by atoms with Gasteiger partial charge in [-0.3, -0.25) is 4.79 Å². The summed E-state index contributed by atoms with van der Waals surface area (Å²) in [6.45, 7) is 5.33. The van der Waals surface area contributed by atoms with Gasteiger partial charge in [-0.1, -0.05) is 0 Å². The molecule has 0 aliphatic rings. The summed E-state index contributed by atoms with van der Waals surface area (Å²) in [4.78, 5) is 13.1. The average molecular weight is 244 g/mol. The summed E-state index contributed by atoms with van der Waals surface area (Å²) in [7, 11) is -3.37. The molecule has 0 radical (unpaired) electrons. The predicted octanol–water partition coefficient (Wildman–Crippen LogP) is 1.05. The molecule has 1 heterocycles. The zero-order valence-corrected chi connectivity index (χ0v) is 10.4. The van der Waals surface area contributed by atoms with Crippen molar-refractivity contribution in [1.82, 2.24) is 9.71 Å². The van der Waals surface area contributed by atoms with E-state index in [2.05, 4.69) is 9.71 Å². The van der Waals surface area contributed by atoms with Gasteiger partial charge in [0.1, 0.15) is 0 Å². The van der Waals surface area contributed by atoms with Gasteiger partial charge >= 0.3 is 0 Å². The molecule has 2 N–H and O–H groups in total. The Bertz CT molecular complexity index is 468. The van der Waals surface area contributed by atoms with Gasteiger partial charge in [0.25, 0.3) is 0 Å². The average Bonchev–Trinajstić information content (AvgIpc) is 2.46. The molecule has 1 rings (SSSR count). The third-order valence-electron chi connectivity index (χ3n) is 1.71. The first kappa shape index (κ1) is 12.9. The van der Waals surface area contributed by atoms with E-state index >= 15 is 0 Å². The number of aromatic amines is 1. The van der Waals surface area contributed by atoms with Crippen LogP contribution in [-0.4, -0.2) is 25.2 Å². The molecular weight excluding hydrogens is 228 g/mol. The minimum Gasteiger partial charge on any atom is -0.359 e. The van der Waals surface area contributed by atoms with Gasteiger partial charge < -0.3 is 4.98 Å². The Balaban J connectivity index is 2.77. The molecule has 0 bridgehead atoms. The molecule has 0 fully saturated rings. The molecule has 0 saturated heterocycles. The van der Waals surface area contributed by atoms with Crippen molar-refractivity contribution in [2.24, 2.45) is 0 Å². The summed E-state index contributed by atoms with van der Waals surface area (Å²) in [5, 5.41) is 0. The van der Waals surface area contributed by atoms with Crippen LogP contribution in [0.3, 0.4) is 0 Å². The van der Waals surface area contributed by atoms with Crippen LogP contribution < -0.4 is 4.72 Å². The maximum atomic E-state index is 11.7. The van der Waals surface area contributed by atoms with Crippen molar-refractivity contribution in [2.75, 3.05) is 0 Å². The largest absolute Gasteiger partial charge is 0.359 e. The van der Waals surface area contributed by atoms with Crippen molar-refractivity contribution in [3.63, 3.8) is 0 Å². The predicted molar refractivity (Wildman–Crippen MR) is 61.7 cm³/mol. The van der Waals surface area contributed by atoms with E-state index in [-0.39, 0.29) is 5.75 Å². The van der Waals surface area contributed by atoms with Crippen molar-refractivity contribution < 1.29 is 13.2 Å². The Morgan fingerprint density at radius 1 is 1.44 bits per heavy atom. The molecule has 90 valence electrons. The van der Waals surface area contributed by atoms with E-state index in [9.17, 15) is 13.2 Å². The number of aldehydes is 1. The second-order valence-corrected chi connectivity index (χ2v) is 6.41. The summed E-state index contributed by atoms with van der Waals surface area (Å²) in [5.74, 6) is -0.130. The first-order chi connectivity index (χ1) is 7.22. The molecule has 0 aliphatic heterocycles. The lowest BCUT2D eigenvalue weighted by molar-refractivity contribution is 0.111. The molecule has 0 saturated carbocycles. The van der Waals surface area contributed by atoms with Crippen LogP contribution in [0.25, 0.3) is 0 Å². The van der Waals surface area contributed by atoms with Crippen molar-refractivity contribution in [1.29, 1.82) is 0 Å². The minimum atomic E-state index is -3.37. The van der Waals surface area contributed by atoms with E-state index in [1.54, 1.807) is 20.8 Å². The Morgan fingerprint density at radius 2 is 2.06 bits per heavy atom. The van der Waals surface area contributed by atoms with E-state index in [0.717, 1.165) is 0 Å². The third kappa shape index (κ3) is 4.16. The second kappa shape index (κ2) is 4.39. The highest BCUT2D eigenvalue weighted by Gasteiger charge is 2.20. The lowest BCUT2D eigenvalue weighted by atomic mass is 10.1. The van der Waals surface area contributed by atoms with E-state index in [0.29, 0.717) is 17.5 Å². The number of carbonyl (C=O) groups is 1. The summed E-state index contributed by atoms with van der Waals surface area (Å²) >= 11 is 0. The molecule has 1 aromatic heterocycles. The van der Waals surface area contributed by atoms with Crippen LogP contribution in [0.15, 0.2) is 12.3 Å². The smallest absolute Gasteiger partial charge is 0.216 e. The fraction of sp³-hybridized carbons (Fsp3) is 0.500. The molecule has 1 aromatic rings. The summed E-state index contributed by atoms with van der Waals surface area (Å²) < 4.78 is 25.9. The number of rotatable bonds is 4. The first-order valence-corrected chi connectivity index (χ1v) is 6.51. The van der Waals surface area contributed by atoms with Gasteiger partial charge in [-0.25, -0.2) is 13.1 Å². The van der Waals surface area contributed by atoms with Crippen LogP contribution in [0.1, 0.15) is 36.8 Å². The monoisotopic (exact) mass is 244 g/mol. The number of sulfonamides is 1. The van der Waals surface area contributed by atoms with Crippen molar-refractivity contribution >= 4 is 16.3 Å². The summed E-state index contributed by atoms with van der Waals surface area (Å²) in [6, 6.07) is 1.52. The van der Waals surface area contributed by atoms with Gasteiger partial charge in [0.15, 0.2) is 6.29 Å². The van der Waals surface area contributed by atoms with Gasteiger partial charge in [0.05, 0.1) is 11.4 Å². The highest BCUT2D eigenvalue weighted by atomic mass is 32.2. The summed E-state index contributed by atoms with van der Waals surface area (Å²) in [6.07, 6.45) is 2.17. The van der Waals surface area contributed by atoms with Crippen molar-refractivity contribution in [2.45, 2.75) is 32.1 Å². The van der Waals surface area contributed by atoms with Crippen molar-refractivity contribution in [3.8, 4) is 0 Å². The fourth-order valence-electron chi connectivity index (χ4n) is 1.33. The molecule has 0 aliphatic carbocycles. The number of aromatic nitrogens is 1. The Kier molecular flexibility index (Phi) is 3.54. The number of nitrogens with one attached hydrogen (secondary N) is 2. The van der Waals surface area contributed by atoms with E-state index in [4.69, 9.17) is 0 Å². The zero-order chi connectivity index (χ0) is 12.4. The molecular formula is C10H16N2O3S. The number of hydrogen-bond acceptors (Lipinski definition) is 3. The quantitative estimate of drug-likeness (QED) is 0.777. The van der Waals surface area contributed by atoms with Crippen molar-refractivity contribution in [3.05, 3.63) is 23.5 Å². The standard InChI is InChI=1S/C10H16N2O3S/c1-10(2,3)12-16(14,15)7-8-4-9(6-13)11-5-8/h4-6,11-12H,7H2,1-3H3. The number of H-pyrrole nitrogens is 1. The lowest BCUT2D eigenvalue weighted by Gasteiger charge is -2.19. The maximum Gasteiger partial charge on any atom is 0.216 e. The highest BCUT2D eigenvalue weighted by Crippen LogP contribution is 2.09. The molecule has 0 aromatic carbocycles. The van der Waals surface area contributed by atoms with Crippen LogP contribution in [0.5, 0.6) is 0 Å². The van der Waals surface area contributed by atoms with Crippen LogP contribution in [0.2, 0.25) is 0 Å². The Morgan fingerprint density at radius 3 is 2.50 bits per heavy atom. The van der Waals surface area contributed by atoms with E-state index in [1.807, 2.05) is 0 Å². The van der Waals surface area contributed by atoms with Gasteiger partial charge in [-0.2, -0.15) is 0 Å². The van der Waals surface area contributed by atoms with Crippen LogP contribution in [0, 0.1) is 0 Å². The SMILES string of the molecule is CC(C)(C)NS(=O)(=O)Cc1c[nH]c(C=O)c1. The third-order valence-corrected chi connectivity index (χ3v) is 3.35. The van der Waals surface area contributed by atoms with Gasteiger partial charge in [-0.05, 0) is 32.4 Å². The molecule has 16 heavy (non-hydrogen) atoms. The normalized spacial score (nSPS) is 12.7. The lowest BCUT2D eigenvalue weighted by Crippen LogP contribution is -2.41. The van der Waals surface area contributed by atoms with Gasteiger partial charge in [-0.15, -0.1) is 0 Å². The zero-order valence-electron chi connectivity index (χ0n) is 9.57. The number of carbonyl (C=O) groups excluding carboxylic acids is 1. The highest BCUT2D eigenvalue weighted by molar-refractivity contribution is 7.88. The topological polar surface area (TPSA) is 79.0 Å². The van der Waals surface area contributed by atoms with Gasteiger partial charge in [0.2, 0.25) is 10.0 Å². The molecule has 0 amide bonds. The maximum absolute atomic E-state index is 11.7. The molecule has 0 atom stereocenters. The Hall–Kier alpha value is -1.14. The van der Waals surface area contributed by atoms with Crippen LogP contribution in [-0.2, 0) is 15.8 Å². The van der Waals surface area contributed by atoms with E-state index < -0.39 is 15.6 Å². The summed E-state index contributed by atoms with van der Waals surface area (Å²) in [5.41, 5.74) is 0.447. The second-order valence-electron chi connectivity index (χ2n) is 4.69. The molecule has 0 spiro atoms. The molecule has 5 nitrogen and oxygen atoms in total. The van der Waals surface area contributed by atoms with Gasteiger partial charge in [0, 0.05) is 11.7 Å². The minimum absolute atomic E-state index is 0.130. The van der Waals surface area contributed by atoms with Crippen LogP contribution in [0.4, 0.5) is 0 Å². The number of hydrogen-bond donors (Lipinski definition) is 2. The Labute approximate surface area is 95.3 Å². The molecule has 0 unspecified atom stereocenters. The van der Waals surface area contributed by atoms with E-state index in [1.165, 1.54) is 12.3 Å². The molecule has 6 heteroatoms. The van der Waals surface area contributed by atoms with Crippen LogP contribution >= 0.6 is 0 Å². The fourth-order valence-corrected chi connectivity index (χ4v) is 2.94. The first-order valence-electron chi connectivity index (χ1n) is 4.86.